The van der Waals surface area contributed by atoms with E-state index in [1.54, 1.807) is 6.07 Å². The van der Waals surface area contributed by atoms with E-state index in [0.29, 0.717) is 12.1 Å². The van der Waals surface area contributed by atoms with Gasteiger partial charge in [0.1, 0.15) is 56.2 Å². The summed E-state index contributed by atoms with van der Waals surface area (Å²) in [4.78, 5) is 49.1. The smallest absolute Gasteiger partial charge is 0.416 e. The van der Waals surface area contributed by atoms with Crippen LogP contribution in [0.5, 0.6) is 0 Å². The summed E-state index contributed by atoms with van der Waals surface area (Å²) in [5, 5.41) is 20.0. The maximum Gasteiger partial charge on any atom is 0.416 e. The van der Waals surface area contributed by atoms with E-state index in [0.717, 1.165) is 84.0 Å². The second-order valence-electron chi connectivity index (χ2n) is 23.8. The molecule has 666 valence electrons. The zero-order valence-corrected chi connectivity index (χ0v) is 74.3. The van der Waals surface area contributed by atoms with Crippen LogP contribution in [-0.2, 0) is 84.1 Å². The number of hydrogen-bond acceptors (Lipinski definition) is 18. The Bertz CT molecular complexity index is 5870. The Labute approximate surface area is 766 Å². The Hall–Kier alpha value is -10.2. The van der Waals surface area contributed by atoms with E-state index in [9.17, 15) is 119 Å². The van der Waals surface area contributed by atoms with E-state index in [4.69, 9.17) is 64.5 Å². The van der Waals surface area contributed by atoms with Crippen molar-refractivity contribution in [2.75, 3.05) is 0 Å². The normalized spacial score (nSPS) is 11.1. The molecule has 12 aromatic carbocycles. The molecule has 0 aliphatic carbocycles. The molecule has 0 aromatic heterocycles. The minimum absolute atomic E-state index is 0. The Morgan fingerprint density at radius 2 is 0.677 bits per heavy atom. The molecular formula is C82H55B2Br2Cl4F11O20S6-2. The Morgan fingerprint density at radius 3 is 0.961 bits per heavy atom. The van der Waals surface area contributed by atoms with Crippen LogP contribution in [0.2, 0.25) is 20.1 Å². The zero-order chi connectivity index (χ0) is 95.4. The first kappa shape index (κ1) is 107. The van der Waals surface area contributed by atoms with E-state index in [-0.39, 0.29) is 52.3 Å². The zero-order valence-electron chi connectivity index (χ0n) is 63.2. The fourth-order valence-corrected chi connectivity index (χ4v) is 16.7. The van der Waals surface area contributed by atoms with Gasteiger partial charge in [-0.1, -0.05) is 145 Å². The number of halogens is 17. The van der Waals surface area contributed by atoms with Crippen LogP contribution in [0, 0.1) is 29.1 Å². The Balaban J connectivity index is 0.000000385. The van der Waals surface area contributed by atoms with E-state index in [2.05, 4.69) is 159 Å². The van der Waals surface area contributed by atoms with Crippen molar-refractivity contribution in [1.29, 1.82) is 0 Å². The highest BCUT2D eigenvalue weighted by Gasteiger charge is 2.37. The largest absolute Gasteiger partial charge is 0.744 e. The molecule has 12 rings (SSSR count). The average Bonchev–Trinajstić information content (AvgIpc) is 0.817. The molecule has 0 spiro atoms. The SMILES string of the molecule is C=COC(=O)c1cc(C(=O)OC=C)cc(S(=O)(=O)[O-])c1.Clc1ccc([S+](c2ccc(Br)cc2)c2ccc(Br)cc2)cc1.Clc1ccc([S+](c2ccc(Cl)cc2)c2ccc(Cl)cc2)cc1.O=C(O)c1cccc(S(=O)(=O)[O-])c1.O=C(O)c1ccccc1S(=O)(=O)[O-].O=S(=O)([O-])c1ccccc1.[B]c1c(F)c(F)c(F)c(F)c1F.[B]c1cc(C(F)(F)F)cc(C(F)(F)F)c1.[HH].[HH]. The first-order chi connectivity index (χ1) is 59.1. The monoisotopic (exact) mass is 2080 g/mol. The molecule has 0 heterocycles. The van der Waals surface area contributed by atoms with Gasteiger partial charge in [0.15, 0.2) is 58.5 Å². The van der Waals surface area contributed by atoms with E-state index in [1.165, 1.54) is 77.9 Å². The molecule has 20 nitrogen and oxygen atoms in total. The highest BCUT2D eigenvalue weighted by atomic mass is 79.9. The molecular weight excluding hydrogens is 2030 g/mol. The van der Waals surface area contributed by atoms with Crippen LogP contribution in [0.15, 0.2) is 344 Å². The van der Waals surface area contributed by atoms with Gasteiger partial charge in [0, 0.05) is 31.9 Å². The second-order valence-corrected chi connectivity index (χ2v) is 36.9. The van der Waals surface area contributed by atoms with E-state index in [1.807, 2.05) is 48.5 Å². The standard InChI is InChI=1S/C18H12Br2ClS.C18H12Cl3S.C12H10O7S.C8H3BF6.2C7H6O5S.C6BF5.C6H6O3S.2H2/c2*19-13-1-7-16(8-2-13)22(17-9-3-14(20)4-10-17)18-11-5-15(21)6-12-18;1-3-18-11(13)8-5-9(12(14)19-4-2)7-10(6-8)20(15,16)17;9-6-2-4(7(10,11)12)1-5(3-6)8(13,14)15;8-7(9)5-2-1-3-6(4-5)13(10,11)12;8-7(9)5-3-1-2-4-6(5)13(10,11)12;7-1-2(8)4(10)6(12)5(11)3(1)9;7-10(8,9)6-4-2-1-3-5-6;;/h2*1-12H;3-7H,1-2H2,(H,15,16,17);1-3H;2*1-4H,(H,8,9)(H,10,11,12);;1-5H,(H,7,8,9);2*1H/q2*+1;;;;;;;;/p-4. The highest BCUT2D eigenvalue weighted by Crippen LogP contribution is 2.38. The van der Waals surface area contributed by atoms with Gasteiger partial charge in [-0.3, -0.25) is 0 Å². The molecule has 0 fully saturated rings. The van der Waals surface area contributed by atoms with Crippen molar-refractivity contribution in [1.82, 2.24) is 0 Å². The molecule has 2 N–H and O–H groups in total. The number of esters is 2. The summed E-state index contributed by atoms with van der Waals surface area (Å²) in [6.07, 6.45) is -8.03. The van der Waals surface area contributed by atoms with Gasteiger partial charge in [-0.05, 0) is 218 Å². The lowest BCUT2D eigenvalue weighted by molar-refractivity contribution is -0.143. The lowest BCUT2D eigenvalue weighted by atomic mass is 9.91. The first-order valence-electron chi connectivity index (χ1n) is 33.7. The summed E-state index contributed by atoms with van der Waals surface area (Å²) >= 11 is 31.1. The van der Waals surface area contributed by atoms with Crippen LogP contribution in [0.4, 0.5) is 48.3 Å². The van der Waals surface area contributed by atoms with Gasteiger partial charge in [0.05, 0.1) is 87.3 Å². The number of carboxylic acid groups (broad SMARTS) is 2. The van der Waals surface area contributed by atoms with Crippen LogP contribution in [-0.4, -0.2) is 102 Å². The van der Waals surface area contributed by atoms with Crippen LogP contribution in [0.3, 0.4) is 0 Å². The summed E-state index contributed by atoms with van der Waals surface area (Å²) in [6, 6.07) is 68.7. The molecule has 0 atom stereocenters. The lowest BCUT2D eigenvalue weighted by Crippen LogP contribution is -2.20. The fourth-order valence-electron chi connectivity index (χ4n) is 9.34. The second kappa shape index (κ2) is 48.3. The van der Waals surface area contributed by atoms with Gasteiger partial charge in [-0.2, -0.15) is 26.3 Å². The van der Waals surface area contributed by atoms with Crippen molar-refractivity contribution in [2.45, 2.75) is 61.3 Å². The number of carbonyl (C=O) groups excluding carboxylic acids is 2. The summed E-state index contributed by atoms with van der Waals surface area (Å²) in [5.74, 6) is -15.0. The highest BCUT2D eigenvalue weighted by molar-refractivity contribution is 9.10. The van der Waals surface area contributed by atoms with Crippen LogP contribution in [0.1, 0.15) is 55.4 Å². The minimum Gasteiger partial charge on any atom is -0.744 e. The van der Waals surface area contributed by atoms with E-state index >= 15 is 0 Å². The molecule has 0 saturated heterocycles. The fraction of sp³-hybridized carbons (Fsp3) is 0.0244. The van der Waals surface area contributed by atoms with Crippen LogP contribution in [0.25, 0.3) is 0 Å². The summed E-state index contributed by atoms with van der Waals surface area (Å²) in [6.45, 7) is 6.31. The molecule has 4 radical (unpaired) electrons. The number of hydrogen-bond donors (Lipinski definition) is 2. The summed E-state index contributed by atoms with van der Waals surface area (Å²) in [5.41, 5.74) is -6.10. The Morgan fingerprint density at radius 1 is 0.378 bits per heavy atom. The van der Waals surface area contributed by atoms with Crippen molar-refractivity contribution in [3.8, 4) is 0 Å². The van der Waals surface area contributed by atoms with Crippen molar-refractivity contribution in [2.24, 2.45) is 0 Å². The third kappa shape index (κ3) is 34.4. The van der Waals surface area contributed by atoms with Crippen LogP contribution >= 0.6 is 78.3 Å². The third-order valence-electron chi connectivity index (χ3n) is 15.0. The van der Waals surface area contributed by atoms with Crippen molar-refractivity contribution in [3.63, 3.8) is 0 Å². The van der Waals surface area contributed by atoms with E-state index < -0.39 is 148 Å². The van der Waals surface area contributed by atoms with Gasteiger partial charge < -0.3 is 37.9 Å². The molecule has 12 aromatic rings. The molecule has 0 amide bonds. The number of alkyl halides is 6. The topological polar surface area (TPSA) is 356 Å². The summed E-state index contributed by atoms with van der Waals surface area (Å²) in [7, 11) is -9.24. The molecule has 0 aliphatic heterocycles. The van der Waals surface area contributed by atoms with Gasteiger partial charge >= 0.3 is 36.2 Å². The van der Waals surface area contributed by atoms with Crippen molar-refractivity contribution in [3.05, 3.63) is 378 Å². The maximum atomic E-state index is 12.3. The van der Waals surface area contributed by atoms with Gasteiger partial charge in [-0.15, -0.1) is 0 Å². The summed E-state index contributed by atoms with van der Waals surface area (Å²) < 4.78 is 272. The predicted octanol–water partition coefficient (Wildman–Crippen LogP) is 20.2. The van der Waals surface area contributed by atoms with Crippen molar-refractivity contribution < 1.29 is 142 Å². The first-order valence-corrected chi connectivity index (χ1v) is 44.9. The van der Waals surface area contributed by atoms with Gasteiger partial charge in [0.2, 0.25) is 0 Å². The predicted molar refractivity (Wildman–Crippen MR) is 459 cm³/mol. The number of rotatable bonds is 16. The minimum atomic E-state index is -4.86. The molecule has 127 heavy (non-hydrogen) atoms. The number of carbonyl (C=O) groups is 4. The number of carboxylic acids is 2. The number of ether oxygens (including phenoxy) is 2. The van der Waals surface area contributed by atoms with Gasteiger partial charge in [0.25, 0.3) is 0 Å². The Kier molecular flexibility index (Phi) is 40.8. The quantitative estimate of drug-likeness (QED) is 0.0133. The average molecular weight is 2080 g/mol. The van der Waals surface area contributed by atoms with Crippen molar-refractivity contribution >= 4 is 191 Å². The third-order valence-corrected chi connectivity index (χ3v) is 24.9. The number of aromatic carboxylic acids is 2. The molecule has 0 bridgehead atoms. The number of benzene rings is 12. The molecule has 0 saturated carbocycles. The van der Waals surface area contributed by atoms with Crippen LogP contribution < -0.4 is 10.9 Å². The lowest BCUT2D eigenvalue weighted by Gasteiger charge is -2.12. The molecule has 0 aliphatic rings. The maximum absolute atomic E-state index is 12.3. The molecule has 45 heteroatoms. The molecule has 0 unspecified atom stereocenters. The van der Waals surface area contributed by atoms with Gasteiger partial charge in [-0.25, -0.2) is 74.8 Å².